The highest BCUT2D eigenvalue weighted by atomic mass is 35.5. The van der Waals surface area contributed by atoms with Gasteiger partial charge in [-0.2, -0.15) is 5.26 Å². The Morgan fingerprint density at radius 2 is 2.41 bits per heavy atom. The van der Waals surface area contributed by atoms with Gasteiger partial charge < -0.3 is 10.2 Å². The van der Waals surface area contributed by atoms with E-state index in [0.717, 1.165) is 31.2 Å². The molecule has 1 aromatic rings. The summed E-state index contributed by atoms with van der Waals surface area (Å²) < 4.78 is 0. The van der Waals surface area contributed by atoms with Gasteiger partial charge in [0.2, 0.25) is 0 Å². The van der Waals surface area contributed by atoms with E-state index in [2.05, 4.69) is 21.3 Å². The molecule has 1 N–H and O–H groups in total. The van der Waals surface area contributed by atoms with Crippen molar-refractivity contribution in [3.8, 4) is 6.07 Å². The van der Waals surface area contributed by atoms with Crippen LogP contribution in [0.2, 0.25) is 5.15 Å². The molecule has 0 amide bonds. The molecule has 0 spiro atoms. The smallest absolute Gasteiger partial charge is 0.146 e. The lowest BCUT2D eigenvalue weighted by molar-refractivity contribution is 0.434. The second-order valence-electron chi connectivity index (χ2n) is 4.71. The van der Waals surface area contributed by atoms with Crippen molar-refractivity contribution < 1.29 is 0 Å². The third kappa shape index (κ3) is 1.86. The molecule has 0 aromatic carbocycles. The second-order valence-corrected chi connectivity index (χ2v) is 5.07. The predicted molar refractivity (Wildman–Crippen MR) is 66.1 cm³/mol. The van der Waals surface area contributed by atoms with Crippen molar-refractivity contribution in [2.24, 2.45) is 5.92 Å². The Morgan fingerprint density at radius 3 is 3.18 bits per heavy atom. The summed E-state index contributed by atoms with van der Waals surface area (Å²) in [5.74, 6) is 0.718. The summed E-state index contributed by atoms with van der Waals surface area (Å²) in [4.78, 5) is 6.43. The number of anilines is 1. The van der Waals surface area contributed by atoms with Crippen LogP contribution in [0.3, 0.4) is 0 Å². The van der Waals surface area contributed by atoms with Crippen LogP contribution >= 0.6 is 11.6 Å². The molecule has 17 heavy (non-hydrogen) atoms. The lowest BCUT2D eigenvalue weighted by Gasteiger charge is -2.26. The van der Waals surface area contributed by atoms with Crippen molar-refractivity contribution in [2.45, 2.75) is 12.5 Å². The van der Waals surface area contributed by atoms with Gasteiger partial charge in [0.05, 0.1) is 17.4 Å². The van der Waals surface area contributed by atoms with Crippen LogP contribution in [-0.2, 0) is 0 Å². The minimum absolute atomic E-state index is 0.288. The fourth-order valence-electron chi connectivity index (χ4n) is 2.80. The first-order valence-electron chi connectivity index (χ1n) is 5.81. The molecular weight excluding hydrogens is 236 g/mol. The molecular formula is C12H13ClN4. The van der Waals surface area contributed by atoms with E-state index in [4.69, 9.17) is 16.9 Å². The minimum atomic E-state index is 0.288. The Hall–Kier alpha value is -1.31. The number of nitrogens with one attached hydrogen (secondary N) is 1. The fourth-order valence-corrected chi connectivity index (χ4v) is 2.94. The van der Waals surface area contributed by atoms with Crippen LogP contribution in [0.25, 0.3) is 0 Å². The van der Waals surface area contributed by atoms with Crippen molar-refractivity contribution in [2.75, 3.05) is 24.5 Å². The first-order chi connectivity index (χ1) is 8.28. The van der Waals surface area contributed by atoms with E-state index in [-0.39, 0.29) is 5.15 Å². The van der Waals surface area contributed by atoms with Gasteiger partial charge in [-0.3, -0.25) is 0 Å². The predicted octanol–water partition coefficient (Wildman–Crippen LogP) is 1.40. The molecule has 3 rings (SSSR count). The van der Waals surface area contributed by atoms with E-state index in [0.29, 0.717) is 11.6 Å². The van der Waals surface area contributed by atoms with Gasteiger partial charge in [0.15, 0.2) is 0 Å². The standard InChI is InChI=1S/C12H13ClN4/c13-12-9(3-14)2-11(6-16-12)17-7-8-1-10(17)5-15-4-8/h2,6,8,10,15H,1,4-5,7H2/t8-,10-/m0/s1. The van der Waals surface area contributed by atoms with Crippen LogP contribution in [0.15, 0.2) is 12.3 Å². The molecule has 0 saturated carbocycles. The quantitative estimate of drug-likeness (QED) is 0.764. The van der Waals surface area contributed by atoms with Crippen molar-refractivity contribution in [3.63, 3.8) is 0 Å². The summed E-state index contributed by atoms with van der Waals surface area (Å²) in [7, 11) is 0. The highest BCUT2D eigenvalue weighted by molar-refractivity contribution is 6.30. The van der Waals surface area contributed by atoms with Gasteiger partial charge in [-0.05, 0) is 24.9 Å². The number of nitrogens with zero attached hydrogens (tertiary/aromatic N) is 3. The molecule has 4 nitrogen and oxygen atoms in total. The number of aromatic nitrogens is 1. The summed E-state index contributed by atoms with van der Waals surface area (Å²) in [5, 5.41) is 12.7. The molecule has 3 heterocycles. The molecule has 2 aliphatic heterocycles. The maximum atomic E-state index is 8.97. The number of pyridine rings is 1. The number of piperidine rings is 1. The summed E-state index contributed by atoms with van der Waals surface area (Å²) in [6.07, 6.45) is 3.00. The lowest BCUT2D eigenvalue weighted by Crippen LogP contribution is -2.39. The minimum Gasteiger partial charge on any atom is -0.366 e. The molecule has 2 fully saturated rings. The Labute approximate surface area is 105 Å². The van der Waals surface area contributed by atoms with E-state index in [1.54, 1.807) is 6.20 Å². The molecule has 0 aliphatic carbocycles. The van der Waals surface area contributed by atoms with Crippen molar-refractivity contribution in [3.05, 3.63) is 23.0 Å². The number of fused-ring (bicyclic) bond motifs is 2. The molecule has 2 saturated heterocycles. The molecule has 88 valence electrons. The molecule has 5 heteroatoms. The molecule has 0 unspecified atom stereocenters. The van der Waals surface area contributed by atoms with Crippen LogP contribution in [0, 0.1) is 17.2 Å². The topological polar surface area (TPSA) is 52.0 Å². The van der Waals surface area contributed by atoms with Crippen molar-refractivity contribution in [1.82, 2.24) is 10.3 Å². The van der Waals surface area contributed by atoms with Crippen molar-refractivity contribution in [1.29, 1.82) is 5.26 Å². The summed E-state index contributed by atoms with van der Waals surface area (Å²) in [6, 6.07) is 4.46. The third-order valence-electron chi connectivity index (χ3n) is 3.59. The normalized spacial score (nSPS) is 26.9. The zero-order valence-corrected chi connectivity index (χ0v) is 10.1. The number of halogens is 1. The first-order valence-corrected chi connectivity index (χ1v) is 6.18. The Morgan fingerprint density at radius 1 is 1.53 bits per heavy atom. The molecule has 2 aliphatic rings. The zero-order chi connectivity index (χ0) is 11.8. The van der Waals surface area contributed by atoms with Crippen LogP contribution < -0.4 is 10.2 Å². The highest BCUT2D eigenvalue weighted by Crippen LogP contribution is 2.31. The Balaban J connectivity index is 1.92. The SMILES string of the molecule is N#Cc1cc(N2C[C@@H]3CNC[C@@H]2C3)cnc1Cl. The van der Waals surface area contributed by atoms with E-state index >= 15 is 0 Å². The average Bonchev–Trinajstić information content (AvgIpc) is 2.65. The number of nitriles is 1. The monoisotopic (exact) mass is 248 g/mol. The van der Waals surface area contributed by atoms with E-state index in [1.807, 2.05) is 6.07 Å². The lowest BCUT2D eigenvalue weighted by atomic mass is 10.0. The number of hydrogen-bond acceptors (Lipinski definition) is 4. The van der Waals surface area contributed by atoms with Crippen molar-refractivity contribution >= 4 is 17.3 Å². The number of rotatable bonds is 1. The van der Waals surface area contributed by atoms with Gasteiger partial charge >= 0.3 is 0 Å². The van der Waals surface area contributed by atoms with E-state index in [1.165, 1.54) is 6.42 Å². The zero-order valence-electron chi connectivity index (χ0n) is 9.36. The maximum absolute atomic E-state index is 8.97. The Kier molecular flexibility index (Phi) is 2.65. The number of hydrogen-bond donors (Lipinski definition) is 1. The van der Waals surface area contributed by atoms with Gasteiger partial charge in [-0.1, -0.05) is 11.6 Å². The largest absolute Gasteiger partial charge is 0.366 e. The summed E-state index contributed by atoms with van der Waals surface area (Å²) in [6.45, 7) is 3.16. The van der Waals surface area contributed by atoms with E-state index < -0.39 is 0 Å². The second kappa shape index (κ2) is 4.17. The maximum Gasteiger partial charge on any atom is 0.146 e. The average molecular weight is 249 g/mol. The van der Waals surface area contributed by atoms with Gasteiger partial charge in [0.1, 0.15) is 11.2 Å². The summed E-state index contributed by atoms with van der Waals surface area (Å²) in [5.41, 5.74) is 1.47. The molecule has 0 radical (unpaired) electrons. The fraction of sp³-hybridized carbons (Fsp3) is 0.500. The summed E-state index contributed by atoms with van der Waals surface area (Å²) >= 11 is 5.85. The molecule has 1 aromatic heterocycles. The molecule has 2 atom stereocenters. The van der Waals surface area contributed by atoms with Gasteiger partial charge in [-0.15, -0.1) is 0 Å². The van der Waals surface area contributed by atoms with Crippen LogP contribution in [0.4, 0.5) is 5.69 Å². The van der Waals surface area contributed by atoms with Crippen LogP contribution in [0.5, 0.6) is 0 Å². The van der Waals surface area contributed by atoms with Crippen LogP contribution in [0.1, 0.15) is 12.0 Å². The Bertz CT molecular complexity index is 482. The highest BCUT2D eigenvalue weighted by Gasteiger charge is 2.35. The van der Waals surface area contributed by atoms with E-state index in [9.17, 15) is 0 Å². The van der Waals surface area contributed by atoms with Gasteiger partial charge in [0, 0.05) is 19.1 Å². The van der Waals surface area contributed by atoms with Gasteiger partial charge in [0.25, 0.3) is 0 Å². The van der Waals surface area contributed by atoms with Gasteiger partial charge in [-0.25, -0.2) is 4.98 Å². The third-order valence-corrected chi connectivity index (χ3v) is 3.89. The molecule has 2 bridgehead atoms. The first kappa shape index (κ1) is 10.8. The van der Waals surface area contributed by atoms with Crippen LogP contribution in [-0.4, -0.2) is 30.7 Å².